The van der Waals surface area contributed by atoms with Crippen LogP contribution in [0.15, 0.2) is 0 Å². The number of hydrogen-bond donors (Lipinski definition) is 0. The highest BCUT2D eigenvalue weighted by molar-refractivity contribution is 5.98. The smallest absolute Gasteiger partial charge is 0.323 e. The number of carbonyl (C=O) groups excluding carboxylic acids is 2. The van der Waals surface area contributed by atoms with Crippen LogP contribution in [0.4, 0.5) is 0 Å². The number of ether oxygens (including phenoxy) is 2. The lowest BCUT2D eigenvalue weighted by Crippen LogP contribution is -2.43. The van der Waals surface area contributed by atoms with Gasteiger partial charge in [0.05, 0.1) is 13.0 Å². The molecule has 0 aromatic carbocycles. The van der Waals surface area contributed by atoms with Crippen molar-refractivity contribution < 1.29 is 19.1 Å². The molecule has 1 rings (SSSR count). The van der Waals surface area contributed by atoms with Gasteiger partial charge in [0.25, 0.3) is 0 Å². The van der Waals surface area contributed by atoms with Gasteiger partial charge >= 0.3 is 11.9 Å². The first-order valence-corrected chi connectivity index (χ1v) is 4.57. The Labute approximate surface area is 83.6 Å². The number of carbonyl (C=O) groups is 2. The van der Waals surface area contributed by atoms with Crippen LogP contribution in [-0.4, -0.2) is 25.7 Å². The zero-order valence-electron chi connectivity index (χ0n) is 9.05. The molecule has 0 aromatic rings. The molecule has 0 spiro atoms. The van der Waals surface area contributed by atoms with E-state index in [-0.39, 0.29) is 18.4 Å². The van der Waals surface area contributed by atoms with Crippen LogP contribution in [0.5, 0.6) is 0 Å². The van der Waals surface area contributed by atoms with E-state index in [1.54, 1.807) is 0 Å². The highest BCUT2D eigenvalue weighted by Gasteiger charge is 2.56. The molecule has 1 atom stereocenters. The molecule has 4 nitrogen and oxygen atoms in total. The summed E-state index contributed by atoms with van der Waals surface area (Å²) >= 11 is 0. The largest absolute Gasteiger partial charge is 0.393 e. The second kappa shape index (κ2) is 3.35. The fourth-order valence-electron chi connectivity index (χ4n) is 1.70. The molecule has 0 radical (unpaired) electrons. The monoisotopic (exact) mass is 200 g/mol. The Bertz CT molecular complexity index is 264. The first kappa shape index (κ1) is 11.2. The van der Waals surface area contributed by atoms with E-state index in [1.165, 1.54) is 7.11 Å². The number of cyclic esters (lactones) is 2. The maximum Gasteiger partial charge on any atom is 0.323 e. The lowest BCUT2D eigenvalue weighted by atomic mass is 9.66. The average molecular weight is 200 g/mol. The fraction of sp³-hybridized carbons (Fsp3) is 0.800. The molecule has 1 aliphatic heterocycles. The predicted octanol–water partition coefficient (Wildman–Crippen LogP) is 1.14. The van der Waals surface area contributed by atoms with Crippen LogP contribution in [0.25, 0.3) is 0 Å². The third-order valence-electron chi connectivity index (χ3n) is 2.87. The van der Waals surface area contributed by atoms with Crippen LogP contribution in [0.2, 0.25) is 0 Å². The molecule has 1 heterocycles. The highest BCUT2D eigenvalue weighted by Crippen LogP contribution is 2.46. The SMILES string of the molecule is COCC1(C(C)(C)C)CC(=O)OC1=O. The van der Waals surface area contributed by atoms with E-state index >= 15 is 0 Å². The topological polar surface area (TPSA) is 52.6 Å². The van der Waals surface area contributed by atoms with Gasteiger partial charge in [0.2, 0.25) is 0 Å². The van der Waals surface area contributed by atoms with Gasteiger partial charge in [0, 0.05) is 7.11 Å². The maximum absolute atomic E-state index is 11.6. The maximum atomic E-state index is 11.6. The van der Waals surface area contributed by atoms with Crippen molar-refractivity contribution in [2.75, 3.05) is 13.7 Å². The number of rotatable bonds is 2. The molecule has 1 aliphatic rings. The van der Waals surface area contributed by atoms with E-state index in [0.29, 0.717) is 0 Å². The summed E-state index contributed by atoms with van der Waals surface area (Å²) in [7, 11) is 1.52. The molecule has 1 saturated heterocycles. The lowest BCUT2D eigenvalue weighted by molar-refractivity contribution is -0.159. The summed E-state index contributed by atoms with van der Waals surface area (Å²) in [5.41, 5.74) is -1.16. The van der Waals surface area contributed by atoms with Gasteiger partial charge in [-0.15, -0.1) is 0 Å². The van der Waals surface area contributed by atoms with Crippen molar-refractivity contribution in [2.45, 2.75) is 27.2 Å². The van der Waals surface area contributed by atoms with Gasteiger partial charge in [0.15, 0.2) is 0 Å². The Hall–Kier alpha value is -0.900. The van der Waals surface area contributed by atoms with Gasteiger partial charge < -0.3 is 9.47 Å². The second-order valence-corrected chi connectivity index (χ2v) is 4.70. The summed E-state index contributed by atoms with van der Waals surface area (Å²) in [5, 5.41) is 0. The van der Waals surface area contributed by atoms with Gasteiger partial charge in [-0.2, -0.15) is 0 Å². The first-order chi connectivity index (χ1) is 6.33. The minimum atomic E-state index is -0.821. The van der Waals surface area contributed by atoms with Crippen molar-refractivity contribution in [1.29, 1.82) is 0 Å². The summed E-state index contributed by atoms with van der Waals surface area (Å²) in [6, 6.07) is 0. The van der Waals surface area contributed by atoms with Gasteiger partial charge in [-0.1, -0.05) is 20.8 Å². The van der Waals surface area contributed by atoms with Crippen LogP contribution in [-0.2, 0) is 19.1 Å². The average Bonchev–Trinajstić information content (AvgIpc) is 2.27. The third kappa shape index (κ3) is 1.54. The molecule has 0 saturated carbocycles. The molecule has 0 N–H and O–H groups in total. The van der Waals surface area contributed by atoms with Crippen molar-refractivity contribution in [3.8, 4) is 0 Å². The van der Waals surface area contributed by atoms with Crippen LogP contribution >= 0.6 is 0 Å². The molecule has 1 unspecified atom stereocenters. The van der Waals surface area contributed by atoms with Crippen molar-refractivity contribution in [3.63, 3.8) is 0 Å². The fourth-order valence-corrected chi connectivity index (χ4v) is 1.70. The first-order valence-electron chi connectivity index (χ1n) is 4.57. The predicted molar refractivity (Wildman–Crippen MR) is 49.5 cm³/mol. The summed E-state index contributed by atoms with van der Waals surface area (Å²) in [6.45, 7) is 5.95. The molecule has 0 amide bonds. The van der Waals surface area contributed by atoms with E-state index in [1.807, 2.05) is 20.8 Å². The zero-order valence-corrected chi connectivity index (χ0v) is 9.05. The third-order valence-corrected chi connectivity index (χ3v) is 2.87. The minimum absolute atomic E-state index is 0.114. The van der Waals surface area contributed by atoms with Gasteiger partial charge in [0.1, 0.15) is 5.41 Å². The van der Waals surface area contributed by atoms with E-state index in [4.69, 9.17) is 4.74 Å². The van der Waals surface area contributed by atoms with Crippen LogP contribution in [0.3, 0.4) is 0 Å². The lowest BCUT2D eigenvalue weighted by Gasteiger charge is -2.36. The van der Waals surface area contributed by atoms with Crippen LogP contribution in [0, 0.1) is 10.8 Å². The summed E-state index contributed by atoms with van der Waals surface area (Å²) < 4.78 is 9.62. The zero-order chi connectivity index (χ0) is 11.0. The molecule has 4 heteroatoms. The molecular formula is C10H16O4. The Morgan fingerprint density at radius 1 is 1.43 bits per heavy atom. The Kier molecular flexibility index (Phi) is 2.67. The number of methoxy groups -OCH3 is 1. The van der Waals surface area contributed by atoms with E-state index in [9.17, 15) is 9.59 Å². The summed E-state index contributed by atoms with van der Waals surface area (Å²) in [4.78, 5) is 22.7. The van der Waals surface area contributed by atoms with E-state index in [2.05, 4.69) is 4.74 Å². The molecule has 14 heavy (non-hydrogen) atoms. The molecular weight excluding hydrogens is 184 g/mol. The Morgan fingerprint density at radius 3 is 2.29 bits per heavy atom. The van der Waals surface area contributed by atoms with Crippen molar-refractivity contribution >= 4 is 11.9 Å². The van der Waals surface area contributed by atoms with E-state index < -0.39 is 17.4 Å². The van der Waals surface area contributed by atoms with E-state index in [0.717, 1.165) is 0 Å². The van der Waals surface area contributed by atoms with Crippen molar-refractivity contribution in [1.82, 2.24) is 0 Å². The quantitative estimate of drug-likeness (QED) is 0.495. The van der Waals surface area contributed by atoms with Crippen LogP contribution in [0.1, 0.15) is 27.2 Å². The normalized spacial score (nSPS) is 28.0. The second-order valence-electron chi connectivity index (χ2n) is 4.70. The number of esters is 2. The molecule has 0 aromatic heterocycles. The molecule has 0 bridgehead atoms. The Balaban J connectivity index is 3.05. The highest BCUT2D eigenvalue weighted by atomic mass is 16.6. The van der Waals surface area contributed by atoms with Crippen molar-refractivity contribution in [3.05, 3.63) is 0 Å². The summed E-state index contributed by atoms with van der Waals surface area (Å²) in [6.07, 6.45) is 0.114. The Morgan fingerprint density at radius 2 is 2.00 bits per heavy atom. The molecule has 1 fully saturated rings. The van der Waals surface area contributed by atoms with Gasteiger partial charge in [-0.05, 0) is 5.41 Å². The van der Waals surface area contributed by atoms with Gasteiger partial charge in [-0.3, -0.25) is 9.59 Å². The van der Waals surface area contributed by atoms with Crippen molar-refractivity contribution in [2.24, 2.45) is 10.8 Å². The summed E-state index contributed by atoms with van der Waals surface area (Å²) in [5.74, 6) is -0.918. The standard InChI is InChI=1S/C10H16O4/c1-9(2,3)10(6-13-4)5-7(11)14-8(10)12/h5-6H2,1-4H3. The van der Waals surface area contributed by atoms with Gasteiger partial charge in [-0.25, -0.2) is 0 Å². The minimum Gasteiger partial charge on any atom is -0.393 e. The molecule has 80 valence electrons. The van der Waals surface area contributed by atoms with Crippen LogP contribution < -0.4 is 0 Å². The molecule has 0 aliphatic carbocycles. The number of hydrogen-bond acceptors (Lipinski definition) is 4.